The molecule has 0 aliphatic carbocycles. The molecule has 0 fully saturated rings. The molecule has 0 radical (unpaired) electrons. The third-order valence-corrected chi connectivity index (χ3v) is 5.47. The number of hydrogen-bond acceptors (Lipinski definition) is 5. The van der Waals surface area contributed by atoms with E-state index in [1.165, 1.54) is 0 Å². The molecule has 0 heterocycles. The molecule has 30 heavy (non-hydrogen) atoms. The first-order valence-corrected chi connectivity index (χ1v) is 11.7. The lowest BCUT2D eigenvalue weighted by atomic mass is 10.2. The first-order valence-electron chi connectivity index (χ1n) is 9.90. The van der Waals surface area contributed by atoms with Crippen molar-refractivity contribution in [2.45, 2.75) is 39.3 Å². The van der Waals surface area contributed by atoms with E-state index in [9.17, 15) is 13.2 Å². The molecule has 1 unspecified atom stereocenters. The molecule has 0 aliphatic rings. The Labute approximate surface area is 179 Å². The van der Waals surface area contributed by atoms with Crippen LogP contribution in [0.25, 0.3) is 0 Å². The zero-order chi connectivity index (χ0) is 22.1. The van der Waals surface area contributed by atoms with Gasteiger partial charge in [0.05, 0.1) is 18.0 Å². The summed E-state index contributed by atoms with van der Waals surface area (Å²) in [5.74, 6) is 0.884. The predicted octanol–water partition coefficient (Wildman–Crippen LogP) is 3.56. The van der Waals surface area contributed by atoms with Gasteiger partial charge >= 0.3 is 0 Å². The molecule has 0 aromatic heterocycles. The number of carbonyl (C=O) groups is 1. The van der Waals surface area contributed by atoms with Crippen molar-refractivity contribution in [1.82, 2.24) is 5.32 Å². The molecule has 7 nitrogen and oxygen atoms in total. The van der Waals surface area contributed by atoms with Crippen molar-refractivity contribution in [3.63, 3.8) is 0 Å². The summed E-state index contributed by atoms with van der Waals surface area (Å²) in [6.07, 6.45) is 1.87. The number of hydrogen-bond donors (Lipinski definition) is 1. The summed E-state index contributed by atoms with van der Waals surface area (Å²) in [5.41, 5.74) is 0.392. The van der Waals surface area contributed by atoms with Crippen molar-refractivity contribution in [2.24, 2.45) is 0 Å². The molecule has 2 rings (SSSR count). The monoisotopic (exact) mass is 434 g/mol. The molecular weight excluding hydrogens is 404 g/mol. The van der Waals surface area contributed by atoms with Crippen molar-refractivity contribution in [3.05, 3.63) is 54.6 Å². The number of amides is 1. The molecule has 1 N–H and O–H groups in total. The van der Waals surface area contributed by atoms with Gasteiger partial charge in [-0.3, -0.25) is 9.10 Å². The second-order valence-electron chi connectivity index (χ2n) is 7.21. The molecular formula is C22H30N2O5S. The summed E-state index contributed by atoms with van der Waals surface area (Å²) in [7, 11) is -3.67. The van der Waals surface area contributed by atoms with E-state index in [0.29, 0.717) is 36.8 Å². The van der Waals surface area contributed by atoms with Crippen LogP contribution in [0, 0.1) is 0 Å². The summed E-state index contributed by atoms with van der Waals surface area (Å²) >= 11 is 0. The molecule has 2 aromatic carbocycles. The molecule has 1 amide bonds. The highest BCUT2D eigenvalue weighted by Crippen LogP contribution is 2.26. The summed E-state index contributed by atoms with van der Waals surface area (Å²) in [6.45, 7) is 6.40. The lowest BCUT2D eigenvalue weighted by Gasteiger charge is -2.28. The number of nitrogens with one attached hydrogen (secondary N) is 1. The minimum atomic E-state index is -3.67. The second-order valence-corrected chi connectivity index (χ2v) is 9.07. The highest BCUT2D eigenvalue weighted by atomic mass is 32.2. The van der Waals surface area contributed by atoms with Crippen molar-refractivity contribution in [2.75, 3.05) is 23.7 Å². The van der Waals surface area contributed by atoms with Gasteiger partial charge in [-0.2, -0.15) is 0 Å². The number of nitrogens with zero attached hydrogens (tertiary/aromatic N) is 1. The Morgan fingerprint density at radius 2 is 1.60 bits per heavy atom. The lowest BCUT2D eigenvalue weighted by molar-refractivity contribution is -0.121. The van der Waals surface area contributed by atoms with E-state index in [1.54, 1.807) is 31.2 Å². The van der Waals surface area contributed by atoms with Crippen molar-refractivity contribution < 1.29 is 22.7 Å². The van der Waals surface area contributed by atoms with Crippen molar-refractivity contribution >= 4 is 21.6 Å². The summed E-state index contributed by atoms with van der Waals surface area (Å²) in [6, 6.07) is 15.0. The van der Waals surface area contributed by atoms with Crippen LogP contribution in [0.4, 0.5) is 5.69 Å². The van der Waals surface area contributed by atoms with Crippen LogP contribution in [0.1, 0.15) is 27.2 Å². The molecule has 0 aliphatic heterocycles. The Kier molecular flexibility index (Phi) is 8.68. The molecule has 0 spiro atoms. The van der Waals surface area contributed by atoms with E-state index in [2.05, 4.69) is 5.32 Å². The van der Waals surface area contributed by atoms with Crippen LogP contribution in [0.15, 0.2) is 54.6 Å². The fraction of sp³-hybridized carbons (Fsp3) is 0.409. The fourth-order valence-corrected chi connectivity index (χ4v) is 4.02. The molecule has 0 saturated carbocycles. The Hall–Kier alpha value is -2.58. The minimum absolute atomic E-state index is 0.134. The maximum atomic E-state index is 12.5. The average Bonchev–Trinajstić information content (AvgIpc) is 2.68. The molecule has 8 heteroatoms. The number of sulfonamides is 1. The Morgan fingerprint density at radius 1 is 1.00 bits per heavy atom. The Balaban J connectivity index is 2.05. The van der Waals surface area contributed by atoms with Gasteiger partial charge in [0, 0.05) is 13.2 Å². The maximum absolute atomic E-state index is 12.5. The van der Waals surface area contributed by atoms with Crippen molar-refractivity contribution in [1.29, 1.82) is 0 Å². The predicted molar refractivity (Wildman–Crippen MR) is 118 cm³/mol. The summed E-state index contributed by atoms with van der Waals surface area (Å²) in [5, 5.41) is 2.77. The van der Waals surface area contributed by atoms with Gasteiger partial charge in [-0.25, -0.2) is 8.42 Å². The number of anilines is 1. The van der Waals surface area contributed by atoms with Gasteiger partial charge in [0.1, 0.15) is 17.5 Å². The minimum Gasteiger partial charge on any atom is -0.457 e. The van der Waals surface area contributed by atoms with E-state index in [4.69, 9.17) is 9.47 Å². The lowest BCUT2D eigenvalue weighted by Crippen LogP contribution is -2.48. The molecule has 2 aromatic rings. The van der Waals surface area contributed by atoms with Gasteiger partial charge in [0.2, 0.25) is 15.9 Å². The molecule has 1 atom stereocenters. The van der Waals surface area contributed by atoms with E-state index in [-0.39, 0.29) is 12.0 Å². The molecule has 0 bridgehead atoms. The van der Waals surface area contributed by atoms with Gasteiger partial charge in [-0.15, -0.1) is 0 Å². The summed E-state index contributed by atoms with van der Waals surface area (Å²) in [4.78, 5) is 12.5. The van der Waals surface area contributed by atoms with Crippen LogP contribution in [0.3, 0.4) is 0 Å². The molecule has 0 saturated heterocycles. The van der Waals surface area contributed by atoms with Crippen LogP contribution in [-0.4, -0.2) is 45.9 Å². The third kappa shape index (κ3) is 7.35. The number of carbonyl (C=O) groups excluding carboxylic acids is 1. The number of benzene rings is 2. The largest absolute Gasteiger partial charge is 0.457 e. The standard InChI is InChI=1S/C22H30N2O5S/c1-17(2)28-16-8-15-23-22(25)18(3)24(30(4,26)27)19-11-13-21(14-12-19)29-20-9-6-5-7-10-20/h5-7,9-14,17-18H,8,15-16H2,1-4H3,(H,23,25). The fourth-order valence-electron chi connectivity index (χ4n) is 2.85. The van der Waals surface area contributed by atoms with Gasteiger partial charge in [-0.1, -0.05) is 18.2 Å². The highest BCUT2D eigenvalue weighted by Gasteiger charge is 2.28. The quantitative estimate of drug-likeness (QED) is 0.547. The first kappa shape index (κ1) is 23.7. The van der Waals surface area contributed by atoms with Gasteiger partial charge in [0.15, 0.2) is 0 Å². The van der Waals surface area contributed by atoms with Gasteiger partial charge in [0.25, 0.3) is 0 Å². The van der Waals surface area contributed by atoms with E-state index in [0.717, 1.165) is 10.6 Å². The maximum Gasteiger partial charge on any atom is 0.243 e. The number of para-hydroxylation sites is 1. The van der Waals surface area contributed by atoms with Crippen LogP contribution in [0.2, 0.25) is 0 Å². The van der Waals surface area contributed by atoms with Gasteiger partial charge in [-0.05, 0) is 63.6 Å². The van der Waals surface area contributed by atoms with Crippen LogP contribution >= 0.6 is 0 Å². The van der Waals surface area contributed by atoms with Crippen LogP contribution in [0.5, 0.6) is 11.5 Å². The molecule has 164 valence electrons. The zero-order valence-electron chi connectivity index (χ0n) is 17.9. The third-order valence-electron chi connectivity index (χ3n) is 4.23. The van der Waals surface area contributed by atoms with Gasteiger partial charge < -0.3 is 14.8 Å². The zero-order valence-corrected chi connectivity index (χ0v) is 18.7. The van der Waals surface area contributed by atoms with Crippen LogP contribution in [-0.2, 0) is 19.6 Å². The van der Waals surface area contributed by atoms with E-state index < -0.39 is 16.1 Å². The smallest absolute Gasteiger partial charge is 0.243 e. The number of rotatable bonds is 11. The Morgan fingerprint density at radius 3 is 2.17 bits per heavy atom. The first-order chi connectivity index (χ1) is 14.2. The second kappa shape index (κ2) is 11.0. The van der Waals surface area contributed by atoms with E-state index >= 15 is 0 Å². The SMILES string of the molecule is CC(C)OCCCNC(=O)C(C)N(c1ccc(Oc2ccccc2)cc1)S(C)(=O)=O. The van der Waals surface area contributed by atoms with Crippen LogP contribution < -0.4 is 14.4 Å². The Bertz CT molecular complexity index is 899. The topological polar surface area (TPSA) is 84.9 Å². The average molecular weight is 435 g/mol. The normalized spacial score (nSPS) is 12.4. The summed E-state index contributed by atoms with van der Waals surface area (Å²) < 4.78 is 37.1. The highest BCUT2D eigenvalue weighted by molar-refractivity contribution is 7.92. The van der Waals surface area contributed by atoms with E-state index in [1.807, 2.05) is 44.2 Å². The van der Waals surface area contributed by atoms with Crippen molar-refractivity contribution in [3.8, 4) is 11.5 Å². The number of ether oxygens (including phenoxy) is 2.